The van der Waals surface area contributed by atoms with E-state index in [0.29, 0.717) is 13.2 Å². The van der Waals surface area contributed by atoms with Crippen LogP contribution in [-0.4, -0.2) is 27.4 Å². The molecule has 0 atom stereocenters. The van der Waals surface area contributed by atoms with Crippen LogP contribution < -0.4 is 0 Å². The van der Waals surface area contributed by atoms with Crippen LogP contribution in [0.15, 0.2) is 0 Å². The Bertz CT molecular complexity index is 40.9. The average molecular weight is 117 g/mol. The van der Waals surface area contributed by atoms with Crippen LogP contribution >= 0.6 is 0 Å². The molecule has 0 saturated carbocycles. The van der Waals surface area contributed by atoms with Gasteiger partial charge in [0, 0.05) is 20.8 Å². The summed E-state index contributed by atoms with van der Waals surface area (Å²) in [6.07, 6.45) is 0. The van der Waals surface area contributed by atoms with Crippen LogP contribution in [0.25, 0.3) is 0 Å². The molecule has 0 rings (SSSR count). The molecule has 0 aliphatic carbocycles. The number of nitrogens with zero attached hydrogens (tertiary/aromatic N) is 1. The molecule has 0 amide bonds. The highest BCUT2D eigenvalue weighted by atomic mass is 16.5. The van der Waals surface area contributed by atoms with E-state index >= 15 is 0 Å². The Balaban J connectivity index is 0. The van der Waals surface area contributed by atoms with Gasteiger partial charge in [0.2, 0.25) is 0 Å². The van der Waals surface area contributed by atoms with Gasteiger partial charge in [-0.3, -0.25) is 0 Å². The zero-order chi connectivity index (χ0) is 6.83. The summed E-state index contributed by atoms with van der Waals surface area (Å²) in [6.45, 7) is 4.88. The number of nitriles is 1. The van der Waals surface area contributed by atoms with Crippen molar-refractivity contribution >= 4 is 0 Å². The summed E-state index contributed by atoms with van der Waals surface area (Å²) in [7, 11) is 3.30. The van der Waals surface area contributed by atoms with Crippen molar-refractivity contribution in [1.82, 2.24) is 0 Å². The van der Waals surface area contributed by atoms with Gasteiger partial charge in [-0.05, 0) is 0 Å². The van der Waals surface area contributed by atoms with Gasteiger partial charge in [-0.15, -0.1) is 0 Å². The fourth-order valence-electron chi connectivity index (χ4n) is 0.167. The maximum atomic E-state index is 6.50. The molecule has 0 saturated heterocycles. The van der Waals surface area contributed by atoms with E-state index in [4.69, 9.17) is 5.26 Å². The largest absolute Gasteiger partial charge is 0.382 e. The molecule has 0 aromatic rings. The Hall–Kier alpha value is -0.590. The third-order valence-electron chi connectivity index (χ3n) is 0.492. The van der Waals surface area contributed by atoms with Crippen molar-refractivity contribution in [3.05, 3.63) is 0 Å². The lowest BCUT2D eigenvalue weighted by Gasteiger charge is -1.91. The molecule has 0 aromatic heterocycles. The Kier molecular flexibility index (Phi) is 21.0. The summed E-state index contributed by atoms with van der Waals surface area (Å²) in [5.74, 6) is 0. The monoisotopic (exact) mass is 117 g/mol. The predicted molar refractivity (Wildman–Crippen MR) is 30.4 cm³/mol. The first kappa shape index (κ1) is 10.4. The molecule has 0 bridgehead atoms. The first-order valence-electron chi connectivity index (χ1n) is 2.15. The van der Waals surface area contributed by atoms with Gasteiger partial charge < -0.3 is 9.47 Å². The van der Waals surface area contributed by atoms with Crippen LogP contribution in [0.5, 0.6) is 0 Å². The van der Waals surface area contributed by atoms with Gasteiger partial charge in [0.15, 0.2) is 0 Å². The van der Waals surface area contributed by atoms with Crippen molar-refractivity contribution in [2.24, 2.45) is 0 Å². The van der Waals surface area contributed by atoms with Gasteiger partial charge in [0.25, 0.3) is 0 Å². The molecule has 3 heteroatoms. The SMILES string of the molecule is C#N.COCCOC. The Morgan fingerprint density at radius 3 is 1.50 bits per heavy atom. The van der Waals surface area contributed by atoms with E-state index in [1.165, 1.54) is 0 Å². The molecular weight excluding hydrogens is 106 g/mol. The van der Waals surface area contributed by atoms with Crippen molar-refractivity contribution in [3.63, 3.8) is 0 Å². The zero-order valence-corrected chi connectivity index (χ0v) is 5.26. The Morgan fingerprint density at radius 1 is 1.12 bits per heavy atom. The lowest BCUT2D eigenvalue weighted by atomic mass is 10.8. The van der Waals surface area contributed by atoms with Crippen LogP contribution in [0.2, 0.25) is 0 Å². The molecule has 0 aromatic carbocycles. The minimum absolute atomic E-state index is 0.691. The lowest BCUT2D eigenvalue weighted by Crippen LogP contribution is -1.96. The molecular formula is C5H11NO2. The molecule has 0 N–H and O–H groups in total. The van der Waals surface area contributed by atoms with Crippen LogP contribution in [-0.2, 0) is 9.47 Å². The quantitative estimate of drug-likeness (QED) is 0.503. The maximum absolute atomic E-state index is 6.50. The molecule has 0 radical (unpaired) electrons. The number of hydrogen-bond donors (Lipinski definition) is 0. The molecule has 0 spiro atoms. The summed E-state index contributed by atoms with van der Waals surface area (Å²) < 4.78 is 9.31. The van der Waals surface area contributed by atoms with E-state index in [0.717, 1.165) is 0 Å². The highest BCUT2D eigenvalue weighted by molar-refractivity contribution is 4.17. The maximum Gasteiger partial charge on any atom is 0.0696 e. The molecule has 0 heterocycles. The second kappa shape index (κ2) is 16.1. The van der Waals surface area contributed by atoms with Crippen LogP contribution in [0.4, 0.5) is 0 Å². The van der Waals surface area contributed by atoms with Gasteiger partial charge in [-0.25, -0.2) is 5.26 Å². The van der Waals surface area contributed by atoms with Crippen LogP contribution in [0, 0.1) is 11.8 Å². The summed E-state index contributed by atoms with van der Waals surface area (Å²) in [4.78, 5) is 0. The highest BCUT2D eigenvalue weighted by Gasteiger charge is 1.73. The predicted octanol–water partition coefficient (Wildman–Crippen LogP) is 0.419. The number of methoxy groups -OCH3 is 2. The fourth-order valence-corrected chi connectivity index (χ4v) is 0.167. The van der Waals surface area contributed by atoms with E-state index in [9.17, 15) is 0 Å². The summed E-state index contributed by atoms with van der Waals surface area (Å²) >= 11 is 0. The van der Waals surface area contributed by atoms with Gasteiger partial charge in [0.05, 0.1) is 13.2 Å². The van der Waals surface area contributed by atoms with E-state index in [1.54, 1.807) is 14.2 Å². The minimum Gasteiger partial charge on any atom is -0.382 e. The van der Waals surface area contributed by atoms with Gasteiger partial charge in [-0.2, -0.15) is 0 Å². The molecule has 3 nitrogen and oxygen atoms in total. The second-order valence-electron chi connectivity index (χ2n) is 0.986. The summed E-state index contributed by atoms with van der Waals surface area (Å²) in [6, 6.07) is 0. The number of ether oxygens (including phenoxy) is 2. The van der Waals surface area contributed by atoms with E-state index in [-0.39, 0.29) is 0 Å². The number of hydrogen-bond acceptors (Lipinski definition) is 3. The Labute approximate surface area is 49.8 Å². The van der Waals surface area contributed by atoms with Crippen molar-refractivity contribution in [3.8, 4) is 6.57 Å². The standard InChI is InChI=1S/C4H10O2.CHN/c1-5-3-4-6-2;1-2/h3-4H2,1-2H3;1H. The van der Waals surface area contributed by atoms with Crippen LogP contribution in [0.3, 0.4) is 0 Å². The first-order valence-corrected chi connectivity index (χ1v) is 2.15. The van der Waals surface area contributed by atoms with Crippen molar-refractivity contribution in [1.29, 1.82) is 5.26 Å². The molecule has 0 aliphatic rings. The zero-order valence-electron chi connectivity index (χ0n) is 5.26. The third kappa shape index (κ3) is 18.1. The number of rotatable bonds is 3. The van der Waals surface area contributed by atoms with Crippen molar-refractivity contribution < 1.29 is 9.47 Å². The fraction of sp³-hybridized carbons (Fsp3) is 0.800. The molecule has 8 heavy (non-hydrogen) atoms. The van der Waals surface area contributed by atoms with Gasteiger partial charge in [0.1, 0.15) is 0 Å². The lowest BCUT2D eigenvalue weighted by molar-refractivity contribution is 0.103. The van der Waals surface area contributed by atoms with E-state index < -0.39 is 0 Å². The topological polar surface area (TPSA) is 42.2 Å². The molecule has 0 aliphatic heterocycles. The van der Waals surface area contributed by atoms with Gasteiger partial charge >= 0.3 is 0 Å². The third-order valence-corrected chi connectivity index (χ3v) is 0.492. The molecule has 48 valence electrons. The smallest absolute Gasteiger partial charge is 0.0696 e. The molecule has 0 unspecified atom stereocenters. The normalized spacial score (nSPS) is 7.00. The summed E-state index contributed by atoms with van der Waals surface area (Å²) in [5, 5.41) is 6.50. The minimum atomic E-state index is 0.691. The Morgan fingerprint density at radius 2 is 1.38 bits per heavy atom. The summed E-state index contributed by atoms with van der Waals surface area (Å²) in [5.41, 5.74) is 0. The van der Waals surface area contributed by atoms with Gasteiger partial charge in [-0.1, -0.05) is 0 Å². The molecule has 0 fully saturated rings. The highest BCUT2D eigenvalue weighted by Crippen LogP contribution is 1.65. The van der Waals surface area contributed by atoms with E-state index in [1.807, 2.05) is 0 Å². The average Bonchev–Trinajstić information content (AvgIpc) is 1.88. The van der Waals surface area contributed by atoms with Crippen LogP contribution in [0.1, 0.15) is 0 Å². The van der Waals surface area contributed by atoms with Crippen molar-refractivity contribution in [2.75, 3.05) is 27.4 Å². The second-order valence-corrected chi connectivity index (χ2v) is 0.986. The van der Waals surface area contributed by atoms with Crippen molar-refractivity contribution in [2.45, 2.75) is 0 Å². The first-order chi connectivity index (χ1) is 3.91. The van der Waals surface area contributed by atoms with E-state index in [2.05, 4.69) is 16.0 Å².